The number of nitrogens with one attached hydrogen (secondary N) is 2. The van der Waals surface area contributed by atoms with Crippen molar-refractivity contribution < 1.29 is 9.18 Å². The average molecular weight is 343 g/mol. The molecule has 4 nitrogen and oxygen atoms in total. The molecule has 1 heterocycles. The monoisotopic (exact) mass is 343 g/mol. The predicted molar refractivity (Wildman–Crippen MR) is 95.8 cm³/mol. The highest BCUT2D eigenvalue weighted by Gasteiger charge is 2.20. The number of rotatable bonds is 5. The maximum Gasteiger partial charge on any atom is 0.237 e. The Morgan fingerprint density at radius 1 is 1.29 bits per heavy atom. The molecule has 0 aliphatic rings. The number of anilines is 1. The first kappa shape index (κ1) is 16.5. The van der Waals surface area contributed by atoms with Crippen molar-refractivity contribution in [3.63, 3.8) is 0 Å². The maximum absolute atomic E-state index is 12.9. The van der Waals surface area contributed by atoms with Crippen LogP contribution in [0.25, 0.3) is 11.0 Å². The zero-order valence-electron chi connectivity index (χ0n) is 13.5. The molecule has 0 radical (unpaired) electrons. The summed E-state index contributed by atoms with van der Waals surface area (Å²) < 4.78 is 12.9. The number of carbonyl (C=O) groups excluding carboxylic acids is 1. The Morgan fingerprint density at radius 2 is 2.04 bits per heavy atom. The molecule has 0 aliphatic carbocycles. The third-order valence-electron chi connectivity index (χ3n) is 3.64. The Balaban J connectivity index is 1.72. The topological polar surface area (TPSA) is 57.8 Å². The fourth-order valence-corrected chi connectivity index (χ4v) is 3.29. The third-order valence-corrected chi connectivity index (χ3v) is 4.89. The van der Waals surface area contributed by atoms with Crippen LogP contribution >= 0.6 is 11.8 Å². The summed E-state index contributed by atoms with van der Waals surface area (Å²) in [6, 6.07) is 11.8. The van der Waals surface area contributed by atoms with Crippen LogP contribution in [0.1, 0.15) is 18.9 Å². The number of benzene rings is 2. The molecule has 2 aromatic carbocycles. The van der Waals surface area contributed by atoms with Crippen molar-refractivity contribution in [2.45, 2.75) is 30.7 Å². The summed E-state index contributed by atoms with van der Waals surface area (Å²) in [7, 11) is 0. The number of imidazole rings is 1. The summed E-state index contributed by atoms with van der Waals surface area (Å²) >= 11 is 1.40. The molecule has 124 valence electrons. The lowest BCUT2D eigenvalue weighted by molar-refractivity contribution is -0.115. The molecule has 3 rings (SSSR count). The first-order valence-corrected chi connectivity index (χ1v) is 8.62. The van der Waals surface area contributed by atoms with Gasteiger partial charge in [-0.3, -0.25) is 4.79 Å². The molecule has 2 N–H and O–H groups in total. The zero-order chi connectivity index (χ0) is 17.1. The van der Waals surface area contributed by atoms with Gasteiger partial charge in [0.2, 0.25) is 5.91 Å². The van der Waals surface area contributed by atoms with E-state index >= 15 is 0 Å². The van der Waals surface area contributed by atoms with E-state index in [9.17, 15) is 9.18 Å². The van der Waals surface area contributed by atoms with Crippen LogP contribution in [0.2, 0.25) is 0 Å². The van der Waals surface area contributed by atoms with Gasteiger partial charge in [-0.1, -0.05) is 24.8 Å². The van der Waals surface area contributed by atoms with Crippen LogP contribution in [0, 0.1) is 12.7 Å². The Kier molecular flexibility index (Phi) is 4.85. The van der Waals surface area contributed by atoms with Crippen LogP contribution in [-0.2, 0) is 4.79 Å². The lowest BCUT2D eigenvalue weighted by Gasteiger charge is -2.13. The van der Waals surface area contributed by atoms with Gasteiger partial charge in [-0.05, 0) is 55.3 Å². The minimum absolute atomic E-state index is 0.120. The van der Waals surface area contributed by atoms with E-state index in [1.54, 1.807) is 12.1 Å². The fourth-order valence-electron chi connectivity index (χ4n) is 2.37. The van der Waals surface area contributed by atoms with Crippen LogP contribution in [0.5, 0.6) is 0 Å². The molecule has 0 aliphatic heterocycles. The van der Waals surface area contributed by atoms with Gasteiger partial charge in [0.25, 0.3) is 0 Å². The van der Waals surface area contributed by atoms with Gasteiger partial charge in [0.05, 0.1) is 16.3 Å². The number of carbonyl (C=O) groups is 1. The number of nitrogens with zero attached hydrogens (tertiary/aromatic N) is 1. The average Bonchev–Trinajstić information content (AvgIpc) is 2.96. The molecule has 6 heteroatoms. The molecule has 1 unspecified atom stereocenters. The number of hydrogen-bond acceptors (Lipinski definition) is 3. The smallest absolute Gasteiger partial charge is 0.237 e. The van der Waals surface area contributed by atoms with E-state index in [4.69, 9.17) is 0 Å². The van der Waals surface area contributed by atoms with Crippen LogP contribution in [-0.4, -0.2) is 21.1 Å². The lowest BCUT2D eigenvalue weighted by atomic mass is 10.2. The molecule has 1 atom stereocenters. The Morgan fingerprint density at radius 3 is 2.75 bits per heavy atom. The highest BCUT2D eigenvalue weighted by molar-refractivity contribution is 8.00. The van der Waals surface area contributed by atoms with Gasteiger partial charge in [0.15, 0.2) is 5.16 Å². The molecular weight excluding hydrogens is 325 g/mol. The van der Waals surface area contributed by atoms with Crippen molar-refractivity contribution in [1.29, 1.82) is 0 Å². The fraction of sp³-hybridized carbons (Fsp3) is 0.222. The minimum atomic E-state index is -0.327. The normalized spacial score (nSPS) is 12.3. The molecule has 0 spiro atoms. The summed E-state index contributed by atoms with van der Waals surface area (Å²) in [5.41, 5.74) is 3.59. The van der Waals surface area contributed by atoms with Crippen LogP contribution in [0.4, 0.5) is 10.1 Å². The van der Waals surface area contributed by atoms with Crippen molar-refractivity contribution in [2.75, 3.05) is 5.32 Å². The van der Waals surface area contributed by atoms with E-state index in [2.05, 4.69) is 15.3 Å². The number of aromatic nitrogens is 2. The first-order valence-electron chi connectivity index (χ1n) is 7.74. The van der Waals surface area contributed by atoms with Gasteiger partial charge in [-0.25, -0.2) is 9.37 Å². The number of amides is 1. The largest absolute Gasteiger partial charge is 0.333 e. The number of hydrogen-bond donors (Lipinski definition) is 2. The lowest BCUT2D eigenvalue weighted by Crippen LogP contribution is -2.24. The number of aryl methyl sites for hydroxylation is 1. The summed E-state index contributed by atoms with van der Waals surface area (Å²) in [4.78, 5) is 20.2. The van der Waals surface area contributed by atoms with Crippen molar-refractivity contribution in [1.82, 2.24) is 9.97 Å². The van der Waals surface area contributed by atoms with Gasteiger partial charge in [-0.2, -0.15) is 0 Å². The van der Waals surface area contributed by atoms with E-state index < -0.39 is 0 Å². The SMILES string of the molecule is CCC(Sc1nc2ccc(C)cc2[nH]1)C(=O)Nc1ccc(F)cc1. The minimum Gasteiger partial charge on any atom is -0.333 e. The van der Waals surface area contributed by atoms with Gasteiger partial charge < -0.3 is 10.3 Å². The Bertz CT molecular complexity index is 860. The standard InChI is InChI=1S/C18H18FN3OS/c1-3-16(17(23)20-13-7-5-12(19)6-8-13)24-18-21-14-9-4-11(2)10-15(14)22-18/h4-10,16H,3H2,1-2H3,(H,20,23)(H,21,22). The molecule has 0 saturated carbocycles. The van der Waals surface area contributed by atoms with Gasteiger partial charge in [0, 0.05) is 5.69 Å². The highest BCUT2D eigenvalue weighted by Crippen LogP contribution is 2.26. The van der Waals surface area contributed by atoms with Crippen molar-refractivity contribution in [2.24, 2.45) is 0 Å². The number of halogens is 1. The van der Waals surface area contributed by atoms with E-state index in [-0.39, 0.29) is 17.0 Å². The van der Waals surface area contributed by atoms with Crippen molar-refractivity contribution in [3.8, 4) is 0 Å². The quantitative estimate of drug-likeness (QED) is 0.670. The maximum atomic E-state index is 12.9. The molecule has 24 heavy (non-hydrogen) atoms. The zero-order valence-corrected chi connectivity index (χ0v) is 14.3. The predicted octanol–water partition coefficient (Wildman–Crippen LogP) is 4.52. The first-order chi connectivity index (χ1) is 11.5. The van der Waals surface area contributed by atoms with Crippen LogP contribution in [0.3, 0.4) is 0 Å². The van der Waals surface area contributed by atoms with E-state index in [0.29, 0.717) is 12.1 Å². The van der Waals surface area contributed by atoms with Crippen LogP contribution in [0.15, 0.2) is 47.6 Å². The summed E-state index contributed by atoms with van der Waals surface area (Å²) in [5.74, 6) is -0.447. The molecule has 1 amide bonds. The van der Waals surface area contributed by atoms with Gasteiger partial charge >= 0.3 is 0 Å². The van der Waals surface area contributed by atoms with E-state index in [1.165, 1.54) is 23.9 Å². The van der Waals surface area contributed by atoms with Gasteiger partial charge in [-0.15, -0.1) is 0 Å². The second-order valence-electron chi connectivity index (χ2n) is 5.57. The summed E-state index contributed by atoms with van der Waals surface area (Å²) in [6.07, 6.45) is 0.660. The number of H-pyrrole nitrogens is 1. The van der Waals surface area contributed by atoms with Crippen molar-refractivity contribution >= 4 is 34.4 Å². The second-order valence-corrected chi connectivity index (χ2v) is 6.76. The number of thioether (sulfide) groups is 1. The van der Waals surface area contributed by atoms with Crippen LogP contribution < -0.4 is 5.32 Å². The second kappa shape index (κ2) is 7.05. The molecule has 3 aromatic rings. The van der Waals surface area contributed by atoms with E-state index in [1.807, 2.05) is 32.0 Å². The summed E-state index contributed by atoms with van der Waals surface area (Å²) in [5, 5.41) is 3.25. The van der Waals surface area contributed by atoms with Crippen molar-refractivity contribution in [3.05, 3.63) is 53.8 Å². The number of aromatic amines is 1. The molecule has 0 fully saturated rings. The molecule has 0 bridgehead atoms. The molecule has 0 saturated heterocycles. The Labute approximate surface area is 143 Å². The Hall–Kier alpha value is -2.34. The molecular formula is C18H18FN3OS. The number of fused-ring (bicyclic) bond motifs is 1. The van der Waals surface area contributed by atoms with E-state index in [0.717, 1.165) is 21.8 Å². The third kappa shape index (κ3) is 3.76. The summed E-state index contributed by atoms with van der Waals surface area (Å²) in [6.45, 7) is 3.98. The van der Waals surface area contributed by atoms with Gasteiger partial charge in [0.1, 0.15) is 5.82 Å². The molecule has 1 aromatic heterocycles. The highest BCUT2D eigenvalue weighted by atomic mass is 32.2.